The van der Waals surface area contributed by atoms with E-state index in [1.165, 1.54) is 0 Å². The van der Waals surface area contributed by atoms with Crippen molar-refractivity contribution in [3.63, 3.8) is 0 Å². The van der Waals surface area contributed by atoms with Gasteiger partial charge < -0.3 is 10.1 Å². The highest BCUT2D eigenvalue weighted by Gasteiger charge is 2.13. The lowest BCUT2D eigenvalue weighted by atomic mass is 10.2. The van der Waals surface area contributed by atoms with E-state index < -0.39 is 0 Å². The Morgan fingerprint density at radius 3 is 2.86 bits per heavy atom. The van der Waals surface area contributed by atoms with Gasteiger partial charge in [-0.2, -0.15) is 5.10 Å². The summed E-state index contributed by atoms with van der Waals surface area (Å²) in [4.78, 5) is 12.2. The molecule has 21 heavy (non-hydrogen) atoms. The second kappa shape index (κ2) is 6.92. The molecule has 2 N–H and O–H groups in total. The summed E-state index contributed by atoms with van der Waals surface area (Å²) in [5.41, 5.74) is 3.10. The van der Waals surface area contributed by atoms with E-state index in [0.29, 0.717) is 23.7 Å². The van der Waals surface area contributed by atoms with Gasteiger partial charge in [0, 0.05) is 5.69 Å². The Kier molecular flexibility index (Phi) is 4.98. The fraction of sp³-hybridized carbons (Fsp3) is 0.375. The molecule has 0 atom stereocenters. The number of nitrogens with one attached hydrogen (secondary N) is 2. The van der Waals surface area contributed by atoms with E-state index in [1.807, 2.05) is 32.0 Å². The molecule has 1 heterocycles. The van der Waals surface area contributed by atoms with Gasteiger partial charge in [0.1, 0.15) is 5.75 Å². The summed E-state index contributed by atoms with van der Waals surface area (Å²) in [5.74, 6) is 0.438. The Balaban J connectivity index is 2.14. The third-order valence-electron chi connectivity index (χ3n) is 3.07. The van der Waals surface area contributed by atoms with Crippen molar-refractivity contribution < 1.29 is 9.53 Å². The fourth-order valence-corrected chi connectivity index (χ4v) is 2.07. The first-order chi connectivity index (χ1) is 10.1. The predicted octanol–water partition coefficient (Wildman–Crippen LogP) is 3.32. The van der Waals surface area contributed by atoms with Crippen LogP contribution in [0.25, 0.3) is 0 Å². The highest BCUT2D eigenvalue weighted by atomic mass is 16.5. The van der Waals surface area contributed by atoms with Crippen molar-refractivity contribution in [2.45, 2.75) is 33.6 Å². The monoisotopic (exact) mass is 287 g/mol. The van der Waals surface area contributed by atoms with Crippen molar-refractivity contribution in [1.29, 1.82) is 0 Å². The summed E-state index contributed by atoms with van der Waals surface area (Å²) in [7, 11) is 0. The molecule has 5 heteroatoms. The number of aromatic amines is 1. The number of H-pyrrole nitrogens is 1. The number of carbonyl (C=O) groups excluding carboxylic acids is 1. The van der Waals surface area contributed by atoms with Gasteiger partial charge in [-0.15, -0.1) is 0 Å². The number of ether oxygens (including phenoxy) is 1. The van der Waals surface area contributed by atoms with Crippen LogP contribution in [0.1, 0.15) is 42.0 Å². The quantitative estimate of drug-likeness (QED) is 0.856. The molecule has 0 fully saturated rings. The van der Waals surface area contributed by atoms with E-state index >= 15 is 0 Å². The number of nitrogens with zero attached hydrogens (tertiary/aromatic N) is 1. The molecule has 112 valence electrons. The fourth-order valence-electron chi connectivity index (χ4n) is 2.07. The van der Waals surface area contributed by atoms with Crippen molar-refractivity contribution in [2.24, 2.45) is 0 Å². The molecule has 0 saturated carbocycles. The van der Waals surface area contributed by atoms with Crippen LogP contribution in [-0.2, 0) is 6.42 Å². The van der Waals surface area contributed by atoms with Crippen LogP contribution < -0.4 is 10.1 Å². The summed E-state index contributed by atoms with van der Waals surface area (Å²) in [5, 5.41) is 9.77. The highest BCUT2D eigenvalue weighted by molar-refractivity contribution is 6.03. The zero-order valence-corrected chi connectivity index (χ0v) is 12.7. The lowest BCUT2D eigenvalue weighted by Gasteiger charge is -2.11. The SMILES string of the molecule is CCCc1cc(C(=O)Nc2ccc(C)cc2OCC)n[nH]1. The van der Waals surface area contributed by atoms with Crippen LogP contribution >= 0.6 is 0 Å². The molecule has 2 aromatic rings. The first-order valence-corrected chi connectivity index (χ1v) is 7.23. The molecule has 5 nitrogen and oxygen atoms in total. The molecule has 1 aromatic heterocycles. The number of hydrogen-bond donors (Lipinski definition) is 2. The van der Waals surface area contributed by atoms with Gasteiger partial charge in [0.25, 0.3) is 5.91 Å². The second-order valence-electron chi connectivity index (χ2n) is 4.92. The summed E-state index contributed by atoms with van der Waals surface area (Å²) in [6.45, 7) is 6.54. The minimum absolute atomic E-state index is 0.238. The van der Waals surface area contributed by atoms with Crippen molar-refractivity contribution in [3.8, 4) is 5.75 Å². The average Bonchev–Trinajstić information content (AvgIpc) is 2.91. The maximum absolute atomic E-state index is 12.2. The van der Waals surface area contributed by atoms with Gasteiger partial charge in [-0.25, -0.2) is 0 Å². The van der Waals surface area contributed by atoms with Crippen molar-refractivity contribution in [2.75, 3.05) is 11.9 Å². The maximum Gasteiger partial charge on any atom is 0.276 e. The lowest BCUT2D eigenvalue weighted by molar-refractivity contribution is 0.102. The van der Waals surface area contributed by atoms with E-state index in [1.54, 1.807) is 6.07 Å². The summed E-state index contributed by atoms with van der Waals surface area (Å²) in [6, 6.07) is 7.47. The number of anilines is 1. The minimum Gasteiger partial charge on any atom is -0.492 e. The van der Waals surface area contributed by atoms with Crippen LogP contribution in [0.3, 0.4) is 0 Å². The molecule has 0 bridgehead atoms. The standard InChI is InChI=1S/C16H21N3O2/c1-4-6-12-10-14(19-18-12)16(20)17-13-8-7-11(3)9-15(13)21-5-2/h7-10H,4-6H2,1-3H3,(H,17,20)(H,18,19). The van der Waals surface area contributed by atoms with E-state index in [9.17, 15) is 4.79 Å². The number of aromatic nitrogens is 2. The Morgan fingerprint density at radius 1 is 1.33 bits per heavy atom. The molecule has 1 amide bonds. The molecule has 0 spiro atoms. The molecule has 0 unspecified atom stereocenters. The average molecular weight is 287 g/mol. The molecular weight excluding hydrogens is 266 g/mol. The molecule has 2 rings (SSSR count). The van der Waals surface area contributed by atoms with Crippen molar-refractivity contribution >= 4 is 11.6 Å². The first-order valence-electron chi connectivity index (χ1n) is 7.23. The summed E-state index contributed by atoms with van der Waals surface area (Å²) in [6.07, 6.45) is 1.89. The summed E-state index contributed by atoms with van der Waals surface area (Å²) < 4.78 is 5.56. The number of benzene rings is 1. The zero-order valence-electron chi connectivity index (χ0n) is 12.7. The van der Waals surface area contributed by atoms with Crippen LogP contribution in [0.2, 0.25) is 0 Å². The highest BCUT2D eigenvalue weighted by Crippen LogP contribution is 2.26. The van der Waals surface area contributed by atoms with Gasteiger partial charge >= 0.3 is 0 Å². The number of rotatable bonds is 6. The Hall–Kier alpha value is -2.30. The number of carbonyl (C=O) groups is 1. The van der Waals surface area contributed by atoms with Gasteiger partial charge in [-0.3, -0.25) is 9.89 Å². The van der Waals surface area contributed by atoms with Gasteiger partial charge in [0.2, 0.25) is 0 Å². The van der Waals surface area contributed by atoms with Gasteiger partial charge in [0.15, 0.2) is 5.69 Å². The minimum atomic E-state index is -0.238. The van der Waals surface area contributed by atoms with Crippen LogP contribution in [-0.4, -0.2) is 22.7 Å². The molecular formula is C16H21N3O2. The van der Waals surface area contributed by atoms with Crippen molar-refractivity contribution in [3.05, 3.63) is 41.2 Å². The smallest absolute Gasteiger partial charge is 0.276 e. The van der Waals surface area contributed by atoms with E-state index in [4.69, 9.17) is 4.74 Å². The topological polar surface area (TPSA) is 67.0 Å². The third-order valence-corrected chi connectivity index (χ3v) is 3.07. The third kappa shape index (κ3) is 3.84. The molecule has 0 aliphatic carbocycles. The first kappa shape index (κ1) is 15.1. The molecule has 0 aliphatic heterocycles. The Bertz CT molecular complexity index is 620. The second-order valence-corrected chi connectivity index (χ2v) is 4.92. The van der Waals surface area contributed by atoms with Crippen LogP contribution in [0, 0.1) is 6.92 Å². The van der Waals surface area contributed by atoms with Gasteiger partial charge in [-0.1, -0.05) is 19.4 Å². The molecule has 1 aromatic carbocycles. The lowest BCUT2D eigenvalue weighted by Crippen LogP contribution is -2.13. The van der Waals surface area contributed by atoms with Crippen LogP contribution in [0.5, 0.6) is 5.75 Å². The van der Waals surface area contributed by atoms with Crippen LogP contribution in [0.15, 0.2) is 24.3 Å². The Labute approximate surface area is 124 Å². The molecule has 0 saturated heterocycles. The maximum atomic E-state index is 12.2. The van der Waals surface area contributed by atoms with E-state index in [-0.39, 0.29) is 5.91 Å². The van der Waals surface area contributed by atoms with E-state index in [2.05, 4.69) is 22.4 Å². The normalized spacial score (nSPS) is 10.4. The Morgan fingerprint density at radius 2 is 2.14 bits per heavy atom. The predicted molar refractivity (Wildman–Crippen MR) is 82.9 cm³/mol. The zero-order chi connectivity index (χ0) is 15.2. The van der Waals surface area contributed by atoms with E-state index in [0.717, 1.165) is 24.1 Å². The summed E-state index contributed by atoms with van der Waals surface area (Å²) >= 11 is 0. The molecule has 0 aliphatic rings. The number of aryl methyl sites for hydroxylation is 2. The number of amides is 1. The van der Waals surface area contributed by atoms with Crippen LogP contribution in [0.4, 0.5) is 5.69 Å². The largest absolute Gasteiger partial charge is 0.492 e. The van der Waals surface area contributed by atoms with Crippen molar-refractivity contribution in [1.82, 2.24) is 10.2 Å². The molecule has 0 radical (unpaired) electrons. The number of hydrogen-bond acceptors (Lipinski definition) is 3. The van der Waals surface area contributed by atoms with Gasteiger partial charge in [-0.05, 0) is 44.0 Å². The van der Waals surface area contributed by atoms with Gasteiger partial charge in [0.05, 0.1) is 12.3 Å².